The van der Waals surface area contributed by atoms with Crippen molar-refractivity contribution >= 4 is 5.97 Å². The fourth-order valence-electron chi connectivity index (χ4n) is 1.36. The van der Waals surface area contributed by atoms with Crippen molar-refractivity contribution in [2.45, 2.75) is 41.0 Å². The van der Waals surface area contributed by atoms with Gasteiger partial charge < -0.3 is 5.11 Å². The minimum atomic E-state index is -0.727. The first-order valence-electron chi connectivity index (χ1n) is 5.34. The van der Waals surface area contributed by atoms with E-state index >= 15 is 0 Å². The van der Waals surface area contributed by atoms with E-state index in [1.54, 1.807) is 0 Å². The number of carboxylic acids is 1. The molecule has 0 saturated heterocycles. The van der Waals surface area contributed by atoms with Crippen LogP contribution in [0.1, 0.15) is 41.0 Å². The third-order valence-corrected chi connectivity index (χ3v) is 3.27. The average Bonchev–Trinajstić information content (AvgIpc) is 2.12. The molecule has 0 aliphatic heterocycles. The van der Waals surface area contributed by atoms with Crippen LogP contribution in [-0.2, 0) is 4.79 Å². The highest BCUT2D eigenvalue weighted by Gasteiger charge is 2.28. The third kappa shape index (κ3) is 4.32. The number of rotatable bonds is 5. The molecule has 0 amide bonds. The van der Waals surface area contributed by atoms with Crippen molar-refractivity contribution in [3.05, 3.63) is 23.8 Å². The molecule has 0 bridgehead atoms. The molecule has 0 aromatic heterocycles. The maximum absolute atomic E-state index is 10.7. The quantitative estimate of drug-likeness (QED) is 0.703. The molecule has 0 aliphatic rings. The highest BCUT2D eigenvalue weighted by atomic mass is 16.4. The van der Waals surface area contributed by atoms with Crippen LogP contribution in [0.5, 0.6) is 0 Å². The smallest absolute Gasteiger partial charge is 0.303 e. The minimum Gasteiger partial charge on any atom is -0.481 e. The van der Waals surface area contributed by atoms with Gasteiger partial charge in [-0.3, -0.25) is 4.79 Å². The van der Waals surface area contributed by atoms with Crippen LogP contribution in [0.2, 0.25) is 0 Å². The monoisotopic (exact) mass is 210 g/mol. The maximum Gasteiger partial charge on any atom is 0.303 e. The molecule has 15 heavy (non-hydrogen) atoms. The molecule has 1 atom stereocenters. The molecule has 0 heterocycles. The number of carboxylic acid groups (broad SMARTS) is 1. The summed E-state index contributed by atoms with van der Waals surface area (Å²) in [5.41, 5.74) is 1.15. The highest BCUT2D eigenvalue weighted by Crippen LogP contribution is 2.36. The summed E-state index contributed by atoms with van der Waals surface area (Å²) in [7, 11) is 0. The van der Waals surface area contributed by atoms with E-state index in [-0.39, 0.29) is 17.8 Å². The molecule has 2 nitrogen and oxygen atoms in total. The lowest BCUT2D eigenvalue weighted by Gasteiger charge is -2.32. The second-order valence-electron chi connectivity index (χ2n) is 4.60. The molecule has 2 heteroatoms. The Morgan fingerprint density at radius 3 is 2.40 bits per heavy atom. The summed E-state index contributed by atoms with van der Waals surface area (Å²) in [4.78, 5) is 10.7. The topological polar surface area (TPSA) is 37.3 Å². The molecule has 86 valence electrons. The van der Waals surface area contributed by atoms with E-state index < -0.39 is 5.97 Å². The first kappa shape index (κ1) is 13.9. The zero-order chi connectivity index (χ0) is 12.1. The van der Waals surface area contributed by atoms with Crippen molar-refractivity contribution in [2.24, 2.45) is 11.3 Å². The van der Waals surface area contributed by atoms with Crippen molar-refractivity contribution in [2.75, 3.05) is 0 Å². The van der Waals surface area contributed by atoms with Gasteiger partial charge >= 0.3 is 5.97 Å². The van der Waals surface area contributed by atoms with Gasteiger partial charge in [-0.1, -0.05) is 44.6 Å². The fraction of sp³-hybridized carbons (Fsp3) is 0.615. The first-order chi connectivity index (χ1) is 6.82. The Bertz CT molecular complexity index is 272. The van der Waals surface area contributed by atoms with Crippen LogP contribution in [0, 0.1) is 11.3 Å². The lowest BCUT2D eigenvalue weighted by atomic mass is 9.73. The zero-order valence-corrected chi connectivity index (χ0v) is 10.4. The predicted molar refractivity (Wildman–Crippen MR) is 63.8 cm³/mol. The molecule has 0 rings (SSSR count). The zero-order valence-electron chi connectivity index (χ0n) is 10.4. The Morgan fingerprint density at radius 1 is 1.47 bits per heavy atom. The summed E-state index contributed by atoms with van der Waals surface area (Å²) in [6.07, 6.45) is 6.23. The predicted octanol–water partition coefficient (Wildman–Crippen LogP) is 3.65. The molecule has 0 aliphatic carbocycles. The molecule has 0 aromatic carbocycles. The van der Waals surface area contributed by atoms with Crippen molar-refractivity contribution in [1.29, 1.82) is 0 Å². The van der Waals surface area contributed by atoms with Gasteiger partial charge in [0.05, 0.1) is 0 Å². The molecule has 1 N–H and O–H groups in total. The molecule has 0 fully saturated rings. The van der Waals surface area contributed by atoms with Gasteiger partial charge in [0, 0.05) is 6.42 Å². The van der Waals surface area contributed by atoms with Gasteiger partial charge in [0.1, 0.15) is 0 Å². The molecule has 1 unspecified atom stereocenters. The highest BCUT2D eigenvalue weighted by molar-refractivity contribution is 5.67. The van der Waals surface area contributed by atoms with Gasteiger partial charge in [-0.25, -0.2) is 0 Å². The Kier molecular flexibility index (Phi) is 5.34. The maximum atomic E-state index is 10.7. The summed E-state index contributed by atoms with van der Waals surface area (Å²) in [6.45, 7) is 10.2. The summed E-state index contributed by atoms with van der Waals surface area (Å²) in [5.74, 6) is -0.592. The summed E-state index contributed by atoms with van der Waals surface area (Å²) < 4.78 is 0. The first-order valence-corrected chi connectivity index (χ1v) is 5.34. The van der Waals surface area contributed by atoms with Crippen LogP contribution in [0.4, 0.5) is 0 Å². The van der Waals surface area contributed by atoms with Crippen LogP contribution >= 0.6 is 0 Å². The molecule has 0 aromatic rings. The molecule has 0 radical (unpaired) electrons. The summed E-state index contributed by atoms with van der Waals surface area (Å²) in [6, 6.07) is 0. The van der Waals surface area contributed by atoms with E-state index in [4.69, 9.17) is 5.11 Å². The molecular weight excluding hydrogens is 188 g/mol. The van der Waals surface area contributed by atoms with E-state index in [1.165, 1.54) is 5.57 Å². The van der Waals surface area contributed by atoms with E-state index in [0.717, 1.165) is 0 Å². The fourth-order valence-corrected chi connectivity index (χ4v) is 1.36. The van der Waals surface area contributed by atoms with E-state index in [0.29, 0.717) is 0 Å². The summed E-state index contributed by atoms with van der Waals surface area (Å²) in [5, 5.41) is 8.77. The van der Waals surface area contributed by atoms with Crippen molar-refractivity contribution < 1.29 is 9.90 Å². The lowest BCUT2D eigenvalue weighted by Crippen LogP contribution is -2.25. The molecule has 0 spiro atoms. The Labute approximate surface area is 92.7 Å². The SMILES string of the molecule is C/C=C\C=C(/C)C(C)(C)C(C)CC(=O)O. The van der Waals surface area contributed by atoms with Crippen molar-refractivity contribution in [3.8, 4) is 0 Å². The van der Waals surface area contributed by atoms with Crippen molar-refractivity contribution in [1.82, 2.24) is 0 Å². The number of allylic oxidation sites excluding steroid dienone is 4. The number of carbonyl (C=O) groups is 1. The summed E-state index contributed by atoms with van der Waals surface area (Å²) >= 11 is 0. The van der Waals surface area contributed by atoms with Crippen LogP contribution in [0.15, 0.2) is 23.8 Å². The average molecular weight is 210 g/mol. The van der Waals surface area contributed by atoms with Gasteiger partial charge in [-0.2, -0.15) is 0 Å². The molecular formula is C13H22O2. The van der Waals surface area contributed by atoms with Crippen molar-refractivity contribution in [3.63, 3.8) is 0 Å². The Morgan fingerprint density at radius 2 is 2.00 bits per heavy atom. The second kappa shape index (κ2) is 5.74. The van der Waals surface area contributed by atoms with Gasteiger partial charge in [0.2, 0.25) is 0 Å². The van der Waals surface area contributed by atoms with Gasteiger partial charge in [0.25, 0.3) is 0 Å². The van der Waals surface area contributed by atoms with Gasteiger partial charge in [-0.05, 0) is 25.2 Å². The van der Waals surface area contributed by atoms with Gasteiger partial charge in [0.15, 0.2) is 0 Å². The number of hydrogen-bond donors (Lipinski definition) is 1. The Balaban J connectivity index is 4.71. The van der Waals surface area contributed by atoms with Crippen LogP contribution < -0.4 is 0 Å². The van der Waals surface area contributed by atoms with E-state index in [1.807, 2.05) is 26.0 Å². The number of hydrogen-bond acceptors (Lipinski definition) is 1. The lowest BCUT2D eigenvalue weighted by molar-refractivity contribution is -0.138. The standard InChI is InChI=1S/C13H22O2/c1-6-7-8-10(2)13(4,5)11(3)9-12(14)15/h6-8,11H,9H2,1-5H3,(H,14,15)/b7-6-,10-8+. The number of aliphatic carboxylic acids is 1. The van der Waals surface area contributed by atoms with Crippen LogP contribution in [-0.4, -0.2) is 11.1 Å². The van der Waals surface area contributed by atoms with E-state index in [9.17, 15) is 4.79 Å². The second-order valence-corrected chi connectivity index (χ2v) is 4.60. The normalized spacial score (nSPS) is 15.7. The van der Waals surface area contributed by atoms with Gasteiger partial charge in [-0.15, -0.1) is 0 Å². The largest absolute Gasteiger partial charge is 0.481 e. The van der Waals surface area contributed by atoms with E-state index in [2.05, 4.69) is 26.8 Å². The van der Waals surface area contributed by atoms with Crippen LogP contribution in [0.25, 0.3) is 0 Å². The Hall–Kier alpha value is -1.05. The van der Waals surface area contributed by atoms with Crippen LogP contribution in [0.3, 0.4) is 0 Å². The molecule has 0 saturated carbocycles. The third-order valence-electron chi connectivity index (χ3n) is 3.27. The minimum absolute atomic E-state index is 0.0715.